The van der Waals surface area contributed by atoms with Crippen molar-refractivity contribution in [3.8, 4) is 0 Å². The highest BCUT2D eigenvalue weighted by atomic mass is 16.2. The second-order valence-electron chi connectivity index (χ2n) is 8.40. The van der Waals surface area contributed by atoms with Crippen LogP contribution in [0.15, 0.2) is 12.7 Å². The third-order valence-electron chi connectivity index (χ3n) is 5.77. The van der Waals surface area contributed by atoms with Gasteiger partial charge in [0, 0.05) is 18.5 Å². The van der Waals surface area contributed by atoms with E-state index in [4.69, 9.17) is 0 Å². The number of likely N-dealkylation sites (N-methyl/N-ethyl adjacent to an activating group) is 1. The summed E-state index contributed by atoms with van der Waals surface area (Å²) in [6.07, 6.45) is 6.25. The summed E-state index contributed by atoms with van der Waals surface area (Å²) in [4.78, 5) is 27.9. The Morgan fingerprint density at radius 2 is 1.65 bits per heavy atom. The van der Waals surface area contributed by atoms with Crippen LogP contribution in [0.4, 0.5) is 0 Å². The Labute approximate surface area is 161 Å². The van der Waals surface area contributed by atoms with E-state index in [9.17, 15) is 9.59 Å². The predicted molar refractivity (Wildman–Crippen MR) is 111 cm³/mol. The van der Waals surface area contributed by atoms with Gasteiger partial charge in [-0.25, -0.2) is 0 Å². The number of rotatable bonds is 12. The molecule has 0 radical (unpaired) electrons. The van der Waals surface area contributed by atoms with Gasteiger partial charge in [0.25, 0.3) is 0 Å². The summed E-state index contributed by atoms with van der Waals surface area (Å²) < 4.78 is 0. The van der Waals surface area contributed by atoms with Crippen LogP contribution < -0.4 is 5.32 Å². The molecule has 0 saturated heterocycles. The lowest BCUT2D eigenvalue weighted by Crippen LogP contribution is -2.56. The summed E-state index contributed by atoms with van der Waals surface area (Å²) in [5.74, 6) is 0.475. The van der Waals surface area contributed by atoms with Crippen LogP contribution in [-0.2, 0) is 9.59 Å². The zero-order valence-electron chi connectivity index (χ0n) is 18.4. The van der Waals surface area contributed by atoms with Crippen LogP contribution in [0, 0.1) is 17.3 Å². The molecule has 26 heavy (non-hydrogen) atoms. The number of nitrogens with one attached hydrogen (secondary N) is 1. The molecule has 1 N–H and O–H groups in total. The molecule has 0 aliphatic carbocycles. The minimum atomic E-state index is -0.564. The third-order valence-corrected chi connectivity index (χ3v) is 5.77. The molecule has 0 rings (SSSR count). The summed E-state index contributed by atoms with van der Waals surface area (Å²) in [5.41, 5.74) is -0.564. The fraction of sp³-hybridized carbons (Fsp3) is 0.818. The average Bonchev–Trinajstić information content (AvgIpc) is 2.61. The molecule has 0 heterocycles. The van der Waals surface area contributed by atoms with Crippen molar-refractivity contribution in [1.29, 1.82) is 0 Å². The molecule has 0 saturated carbocycles. The predicted octanol–water partition coefficient (Wildman–Crippen LogP) is 4.79. The van der Waals surface area contributed by atoms with Gasteiger partial charge in [0.05, 0.1) is 0 Å². The van der Waals surface area contributed by atoms with E-state index in [1.165, 1.54) is 0 Å². The van der Waals surface area contributed by atoms with Crippen molar-refractivity contribution in [2.24, 2.45) is 17.3 Å². The number of carbonyl (C=O) groups is 2. The van der Waals surface area contributed by atoms with Crippen LogP contribution >= 0.6 is 0 Å². The molecule has 152 valence electrons. The number of nitrogens with zero attached hydrogens (tertiary/aromatic N) is 1. The van der Waals surface area contributed by atoms with E-state index in [0.29, 0.717) is 12.3 Å². The molecule has 0 aromatic rings. The summed E-state index contributed by atoms with van der Waals surface area (Å²) in [6, 6.07) is -0.271. The molecule has 4 nitrogen and oxygen atoms in total. The summed E-state index contributed by atoms with van der Waals surface area (Å²) in [6.45, 7) is 18.1. The largest absolute Gasteiger partial charge is 0.344 e. The third kappa shape index (κ3) is 6.77. The number of amides is 2. The smallest absolute Gasteiger partial charge is 0.245 e. The fourth-order valence-corrected chi connectivity index (χ4v) is 3.28. The fourth-order valence-electron chi connectivity index (χ4n) is 3.28. The van der Waals surface area contributed by atoms with Gasteiger partial charge in [-0.05, 0) is 24.7 Å². The number of hydrogen-bond donors (Lipinski definition) is 1. The van der Waals surface area contributed by atoms with E-state index in [2.05, 4.69) is 39.6 Å². The Kier molecular flexibility index (Phi) is 10.8. The second-order valence-corrected chi connectivity index (χ2v) is 8.40. The van der Waals surface area contributed by atoms with Gasteiger partial charge in [0.1, 0.15) is 6.04 Å². The van der Waals surface area contributed by atoms with Crippen LogP contribution in [0.3, 0.4) is 0 Å². The second kappa shape index (κ2) is 11.4. The average molecular weight is 367 g/mol. The van der Waals surface area contributed by atoms with E-state index in [-0.39, 0.29) is 23.8 Å². The Hall–Kier alpha value is -1.32. The summed E-state index contributed by atoms with van der Waals surface area (Å²) >= 11 is 0. The minimum absolute atomic E-state index is 0.0286. The van der Waals surface area contributed by atoms with Crippen molar-refractivity contribution < 1.29 is 9.59 Å². The Morgan fingerprint density at radius 1 is 1.12 bits per heavy atom. The molecule has 0 bridgehead atoms. The van der Waals surface area contributed by atoms with E-state index in [0.717, 1.165) is 25.7 Å². The van der Waals surface area contributed by atoms with E-state index in [1.807, 2.05) is 32.7 Å². The molecule has 4 atom stereocenters. The summed E-state index contributed by atoms with van der Waals surface area (Å²) in [5, 5.41) is 3.05. The number of allylic oxidation sites excluding steroid dienone is 1. The van der Waals surface area contributed by atoms with Crippen LogP contribution in [0.2, 0.25) is 0 Å². The van der Waals surface area contributed by atoms with Gasteiger partial charge in [0.2, 0.25) is 11.8 Å². The van der Waals surface area contributed by atoms with E-state index >= 15 is 0 Å². The van der Waals surface area contributed by atoms with E-state index in [1.54, 1.807) is 6.08 Å². The van der Waals surface area contributed by atoms with Gasteiger partial charge in [0.15, 0.2) is 0 Å². The molecule has 0 aromatic heterocycles. The molecular weight excluding hydrogens is 324 g/mol. The quantitative estimate of drug-likeness (QED) is 0.505. The van der Waals surface area contributed by atoms with Gasteiger partial charge < -0.3 is 10.2 Å². The molecule has 2 amide bonds. The molecular formula is C22H42N2O2. The highest BCUT2D eigenvalue weighted by molar-refractivity contribution is 5.90. The first-order valence-electron chi connectivity index (χ1n) is 10.3. The van der Waals surface area contributed by atoms with Crippen molar-refractivity contribution in [3.05, 3.63) is 12.7 Å². The topological polar surface area (TPSA) is 49.4 Å². The maximum Gasteiger partial charge on any atom is 0.245 e. The highest BCUT2D eigenvalue weighted by Gasteiger charge is 2.36. The lowest BCUT2D eigenvalue weighted by Gasteiger charge is -2.37. The highest BCUT2D eigenvalue weighted by Crippen LogP contribution is 2.24. The van der Waals surface area contributed by atoms with Crippen LogP contribution in [-0.4, -0.2) is 35.8 Å². The van der Waals surface area contributed by atoms with Crippen LogP contribution in [0.1, 0.15) is 80.6 Å². The SMILES string of the molecule is C=CCC(C)(C)C(=O)NC(C(=O)N(C)C(CCC)[C@@H](C)CC)[C@H](C)CC. The van der Waals surface area contributed by atoms with Crippen LogP contribution in [0.5, 0.6) is 0 Å². The van der Waals surface area contributed by atoms with E-state index < -0.39 is 11.5 Å². The maximum atomic E-state index is 13.3. The van der Waals surface area contributed by atoms with Crippen molar-refractivity contribution >= 4 is 11.8 Å². The lowest BCUT2D eigenvalue weighted by atomic mass is 9.86. The van der Waals surface area contributed by atoms with Crippen molar-refractivity contribution in [2.75, 3.05) is 7.05 Å². The normalized spacial score (nSPS) is 16.3. The summed E-state index contributed by atoms with van der Waals surface area (Å²) in [7, 11) is 1.89. The molecule has 0 spiro atoms. The Bertz CT molecular complexity index is 459. The molecule has 0 aliphatic rings. The number of hydrogen-bond acceptors (Lipinski definition) is 2. The van der Waals surface area contributed by atoms with Crippen molar-refractivity contribution in [2.45, 2.75) is 92.7 Å². The zero-order valence-corrected chi connectivity index (χ0v) is 18.4. The van der Waals surface area contributed by atoms with Gasteiger partial charge in [-0.3, -0.25) is 9.59 Å². The Morgan fingerprint density at radius 3 is 2.08 bits per heavy atom. The molecule has 0 aliphatic heterocycles. The zero-order chi connectivity index (χ0) is 20.5. The first kappa shape index (κ1) is 24.7. The number of carbonyl (C=O) groups excluding carboxylic acids is 2. The Balaban J connectivity index is 5.48. The maximum absolute atomic E-state index is 13.3. The van der Waals surface area contributed by atoms with Crippen molar-refractivity contribution in [3.63, 3.8) is 0 Å². The molecule has 4 heteroatoms. The first-order chi connectivity index (χ1) is 12.1. The lowest BCUT2D eigenvalue weighted by molar-refractivity contribution is -0.141. The van der Waals surface area contributed by atoms with Gasteiger partial charge in [-0.15, -0.1) is 6.58 Å². The standard InChI is InChI=1S/C22H42N2O2/c1-10-14-18(16(5)12-3)24(9)20(25)19(17(6)13-4)23-21(26)22(7,8)15-11-2/h11,16-19H,2,10,12-15H2,1,3-9H3,(H,23,26)/t16-,17+,18?,19?/m0/s1. The van der Waals surface area contributed by atoms with Gasteiger partial charge >= 0.3 is 0 Å². The molecule has 2 unspecified atom stereocenters. The minimum Gasteiger partial charge on any atom is -0.344 e. The van der Waals surface area contributed by atoms with Crippen molar-refractivity contribution in [1.82, 2.24) is 10.2 Å². The van der Waals surface area contributed by atoms with Gasteiger partial charge in [-0.1, -0.05) is 73.8 Å². The first-order valence-corrected chi connectivity index (χ1v) is 10.3. The van der Waals surface area contributed by atoms with Crippen LogP contribution in [0.25, 0.3) is 0 Å². The molecule has 0 fully saturated rings. The van der Waals surface area contributed by atoms with Gasteiger partial charge in [-0.2, -0.15) is 0 Å². The monoisotopic (exact) mass is 366 g/mol. The molecule has 0 aromatic carbocycles.